The molecule has 0 saturated heterocycles. The van der Waals surface area contributed by atoms with E-state index in [2.05, 4.69) is 5.32 Å². The Balaban J connectivity index is 1.87. The Hall–Kier alpha value is -4.05. The molecule has 0 aliphatic heterocycles. The van der Waals surface area contributed by atoms with Gasteiger partial charge in [-0.1, -0.05) is 97.2 Å². The van der Waals surface area contributed by atoms with Gasteiger partial charge in [0.25, 0.3) is 10.0 Å². The summed E-state index contributed by atoms with van der Waals surface area (Å²) in [5.74, 6) is -0.551. The van der Waals surface area contributed by atoms with Crippen molar-refractivity contribution < 1.29 is 22.7 Å². The first-order valence-electron chi connectivity index (χ1n) is 15.6. The molecule has 0 radical (unpaired) electrons. The molecule has 48 heavy (non-hydrogen) atoms. The first kappa shape index (κ1) is 36.8. The quantitative estimate of drug-likeness (QED) is 0.149. The number of ether oxygens (including phenoxy) is 1. The number of anilines is 1. The number of carbonyl (C=O) groups excluding carboxylic acids is 2. The Morgan fingerprint density at radius 1 is 0.875 bits per heavy atom. The van der Waals surface area contributed by atoms with Gasteiger partial charge in [0.2, 0.25) is 11.8 Å². The van der Waals surface area contributed by atoms with Crippen molar-refractivity contribution in [1.29, 1.82) is 0 Å². The molecule has 0 spiro atoms. The highest BCUT2D eigenvalue weighted by Crippen LogP contribution is 2.34. The van der Waals surface area contributed by atoms with Gasteiger partial charge in [0, 0.05) is 29.6 Å². The van der Waals surface area contributed by atoms with Gasteiger partial charge in [-0.05, 0) is 72.9 Å². The van der Waals surface area contributed by atoms with Crippen LogP contribution in [0.5, 0.6) is 5.75 Å². The maximum absolute atomic E-state index is 14.7. The number of carbonyl (C=O) groups is 2. The molecule has 8 nitrogen and oxygen atoms in total. The van der Waals surface area contributed by atoms with Crippen molar-refractivity contribution in [2.24, 2.45) is 5.92 Å². The van der Waals surface area contributed by atoms with E-state index in [9.17, 15) is 18.0 Å². The molecular formula is C37H41Cl2N3O5S. The molecule has 0 saturated carbocycles. The van der Waals surface area contributed by atoms with Gasteiger partial charge in [-0.25, -0.2) is 8.42 Å². The Kier molecular flexibility index (Phi) is 12.5. The molecule has 0 aliphatic carbocycles. The van der Waals surface area contributed by atoms with Crippen LogP contribution in [0.3, 0.4) is 0 Å². The SMILES string of the molecule is COc1ccc(C)cc1N(CC(=O)N(Cc1ccc(Cl)cc1Cl)[C@@H](Cc1ccccc1)C(=O)NCC(C)C)S(=O)(=O)c1ccc(C)cc1. The summed E-state index contributed by atoms with van der Waals surface area (Å²) in [6, 6.07) is 24.8. The molecule has 254 valence electrons. The van der Waals surface area contributed by atoms with Gasteiger partial charge >= 0.3 is 0 Å². The monoisotopic (exact) mass is 709 g/mol. The lowest BCUT2D eigenvalue weighted by atomic mass is 10.0. The van der Waals surface area contributed by atoms with Crippen molar-refractivity contribution in [2.45, 2.75) is 51.6 Å². The van der Waals surface area contributed by atoms with E-state index in [1.165, 1.54) is 24.1 Å². The minimum Gasteiger partial charge on any atom is -0.495 e. The minimum atomic E-state index is -4.30. The third-order valence-electron chi connectivity index (χ3n) is 7.80. The maximum Gasteiger partial charge on any atom is 0.264 e. The molecule has 0 aromatic heterocycles. The van der Waals surface area contributed by atoms with Crippen LogP contribution in [-0.2, 0) is 32.6 Å². The molecule has 0 aliphatic rings. The van der Waals surface area contributed by atoms with E-state index in [1.54, 1.807) is 48.5 Å². The predicted octanol–water partition coefficient (Wildman–Crippen LogP) is 7.23. The summed E-state index contributed by atoms with van der Waals surface area (Å²) < 4.78 is 35.4. The Labute approximate surface area is 293 Å². The fourth-order valence-corrected chi connectivity index (χ4v) is 7.04. The van der Waals surface area contributed by atoms with E-state index < -0.39 is 28.5 Å². The highest BCUT2D eigenvalue weighted by molar-refractivity contribution is 7.92. The first-order valence-corrected chi connectivity index (χ1v) is 17.8. The number of halogens is 2. The van der Waals surface area contributed by atoms with Gasteiger partial charge in [-0.15, -0.1) is 0 Å². The number of aryl methyl sites for hydroxylation is 2. The molecule has 0 bridgehead atoms. The number of rotatable bonds is 14. The molecular weight excluding hydrogens is 669 g/mol. The molecule has 1 atom stereocenters. The zero-order valence-corrected chi connectivity index (χ0v) is 30.1. The van der Waals surface area contributed by atoms with Crippen molar-refractivity contribution in [3.8, 4) is 5.75 Å². The minimum absolute atomic E-state index is 0.00673. The fraction of sp³-hybridized carbons (Fsp3) is 0.297. The summed E-state index contributed by atoms with van der Waals surface area (Å²) in [4.78, 5) is 30.1. The number of nitrogens with one attached hydrogen (secondary N) is 1. The van der Waals surface area contributed by atoms with Crippen LogP contribution in [0.4, 0.5) is 5.69 Å². The van der Waals surface area contributed by atoms with Crippen LogP contribution in [0, 0.1) is 19.8 Å². The topological polar surface area (TPSA) is 96.0 Å². The summed E-state index contributed by atoms with van der Waals surface area (Å²) in [7, 11) is -2.86. The summed E-state index contributed by atoms with van der Waals surface area (Å²) in [6.07, 6.45) is 0.181. The highest BCUT2D eigenvalue weighted by Gasteiger charge is 2.36. The fourth-order valence-electron chi connectivity index (χ4n) is 5.16. The van der Waals surface area contributed by atoms with Gasteiger partial charge < -0.3 is 15.0 Å². The van der Waals surface area contributed by atoms with E-state index >= 15 is 0 Å². The number of hydrogen-bond donors (Lipinski definition) is 1. The third-order valence-corrected chi connectivity index (χ3v) is 10.2. The first-order chi connectivity index (χ1) is 22.8. The normalized spacial score (nSPS) is 12.0. The van der Waals surface area contributed by atoms with E-state index in [-0.39, 0.29) is 41.1 Å². The Morgan fingerprint density at radius 3 is 2.17 bits per heavy atom. The van der Waals surface area contributed by atoms with Crippen LogP contribution in [0.1, 0.15) is 36.1 Å². The molecule has 0 fully saturated rings. The van der Waals surface area contributed by atoms with E-state index in [4.69, 9.17) is 27.9 Å². The molecule has 2 amide bonds. The summed E-state index contributed by atoms with van der Waals surface area (Å²) in [6.45, 7) is 7.33. The molecule has 4 rings (SSSR count). The van der Waals surface area contributed by atoms with Crippen LogP contribution >= 0.6 is 23.2 Å². The largest absolute Gasteiger partial charge is 0.495 e. The van der Waals surface area contributed by atoms with Gasteiger partial charge in [0.05, 0.1) is 17.7 Å². The summed E-state index contributed by atoms with van der Waals surface area (Å²) in [5, 5.41) is 3.71. The second kappa shape index (κ2) is 16.4. The molecule has 4 aromatic rings. The third kappa shape index (κ3) is 9.30. The average molecular weight is 711 g/mol. The van der Waals surface area contributed by atoms with Gasteiger partial charge in [0.1, 0.15) is 18.3 Å². The van der Waals surface area contributed by atoms with Crippen LogP contribution in [0.2, 0.25) is 10.0 Å². The van der Waals surface area contributed by atoms with Crippen molar-refractivity contribution in [3.05, 3.63) is 123 Å². The van der Waals surface area contributed by atoms with Crippen molar-refractivity contribution in [1.82, 2.24) is 10.2 Å². The predicted molar refractivity (Wildman–Crippen MR) is 192 cm³/mol. The standard InChI is InChI=1S/C37H41Cl2N3O5S/c1-25(2)22-40-37(44)34(20-28-9-7-6-8-10-28)41(23-29-14-15-30(38)21-32(29)39)36(43)24-42(33-19-27(4)13-18-35(33)47-5)48(45,46)31-16-11-26(3)12-17-31/h6-19,21,25,34H,20,22-24H2,1-5H3,(H,40,44)/t34-/m0/s1. The second-order valence-corrected chi connectivity index (χ2v) is 14.8. The summed E-state index contributed by atoms with van der Waals surface area (Å²) >= 11 is 12.8. The molecule has 11 heteroatoms. The average Bonchev–Trinajstić information content (AvgIpc) is 3.05. The van der Waals surface area contributed by atoms with Crippen molar-refractivity contribution in [3.63, 3.8) is 0 Å². The van der Waals surface area contributed by atoms with Crippen LogP contribution < -0.4 is 14.4 Å². The van der Waals surface area contributed by atoms with Crippen molar-refractivity contribution in [2.75, 3.05) is 24.5 Å². The second-order valence-electron chi connectivity index (χ2n) is 12.1. The number of benzene rings is 4. The number of hydrogen-bond acceptors (Lipinski definition) is 5. The lowest BCUT2D eigenvalue weighted by Gasteiger charge is -2.34. The van der Waals surface area contributed by atoms with Gasteiger partial charge in [-0.2, -0.15) is 0 Å². The van der Waals surface area contributed by atoms with E-state index in [1.807, 2.05) is 58.0 Å². The zero-order chi connectivity index (χ0) is 35.0. The Morgan fingerprint density at radius 2 is 1.54 bits per heavy atom. The Bertz CT molecular complexity index is 1830. The van der Waals surface area contributed by atoms with Gasteiger partial charge in [-0.3, -0.25) is 13.9 Å². The smallest absolute Gasteiger partial charge is 0.264 e. The van der Waals surface area contributed by atoms with E-state index in [0.717, 1.165) is 21.0 Å². The number of nitrogens with zero attached hydrogens (tertiary/aromatic N) is 2. The van der Waals surface area contributed by atoms with Crippen LogP contribution in [0.25, 0.3) is 0 Å². The molecule has 1 N–H and O–H groups in total. The highest BCUT2D eigenvalue weighted by atomic mass is 35.5. The van der Waals surface area contributed by atoms with Crippen LogP contribution in [0.15, 0.2) is 95.9 Å². The van der Waals surface area contributed by atoms with E-state index in [0.29, 0.717) is 22.2 Å². The zero-order valence-electron chi connectivity index (χ0n) is 27.7. The van der Waals surface area contributed by atoms with Crippen molar-refractivity contribution >= 4 is 50.7 Å². The lowest BCUT2D eigenvalue weighted by Crippen LogP contribution is -2.53. The van der Waals surface area contributed by atoms with Gasteiger partial charge in [0.15, 0.2) is 0 Å². The van der Waals surface area contributed by atoms with Crippen LogP contribution in [-0.4, -0.2) is 51.4 Å². The maximum atomic E-state index is 14.7. The molecule has 0 heterocycles. The lowest BCUT2D eigenvalue weighted by molar-refractivity contribution is -0.140. The molecule has 4 aromatic carbocycles. The number of sulfonamides is 1. The number of methoxy groups -OCH3 is 1. The summed E-state index contributed by atoms with van der Waals surface area (Å²) in [5.41, 5.74) is 3.21. The number of amides is 2. The molecule has 0 unspecified atom stereocenters.